The number of halogens is 1. The second-order valence-electron chi connectivity index (χ2n) is 1.86. The lowest BCUT2D eigenvalue weighted by Crippen LogP contribution is -1.73. The first-order valence-corrected chi connectivity index (χ1v) is 3.51. The SMILES string of the molecule is Brc1cc2cnncc2o1. The summed E-state index contributed by atoms with van der Waals surface area (Å²) in [4.78, 5) is 0. The zero-order chi connectivity index (χ0) is 6.97. The van der Waals surface area contributed by atoms with Crippen LogP contribution in [-0.4, -0.2) is 10.2 Å². The normalized spacial score (nSPS) is 10.5. The lowest BCUT2D eigenvalue weighted by Gasteiger charge is -1.80. The molecule has 0 atom stereocenters. The summed E-state index contributed by atoms with van der Waals surface area (Å²) in [5, 5.41) is 8.32. The van der Waals surface area contributed by atoms with E-state index in [1.165, 1.54) is 0 Å². The van der Waals surface area contributed by atoms with Crippen molar-refractivity contribution in [3.63, 3.8) is 0 Å². The van der Waals surface area contributed by atoms with Crippen LogP contribution in [0.5, 0.6) is 0 Å². The molecule has 0 saturated heterocycles. The van der Waals surface area contributed by atoms with Crippen LogP contribution in [0.3, 0.4) is 0 Å². The molecule has 50 valence electrons. The summed E-state index contributed by atoms with van der Waals surface area (Å²) in [6.45, 7) is 0. The third-order valence-corrected chi connectivity index (χ3v) is 1.59. The van der Waals surface area contributed by atoms with E-state index in [0.29, 0.717) is 4.67 Å². The predicted octanol–water partition coefficient (Wildman–Crippen LogP) is 1.99. The van der Waals surface area contributed by atoms with E-state index in [4.69, 9.17) is 4.42 Å². The topological polar surface area (TPSA) is 38.9 Å². The van der Waals surface area contributed by atoms with Crippen molar-refractivity contribution in [1.82, 2.24) is 10.2 Å². The zero-order valence-electron chi connectivity index (χ0n) is 4.91. The molecule has 0 unspecified atom stereocenters. The van der Waals surface area contributed by atoms with Gasteiger partial charge in [0.25, 0.3) is 0 Å². The van der Waals surface area contributed by atoms with Gasteiger partial charge >= 0.3 is 0 Å². The van der Waals surface area contributed by atoms with Crippen molar-refractivity contribution in [3.05, 3.63) is 23.1 Å². The summed E-state index contributed by atoms with van der Waals surface area (Å²) in [5.74, 6) is 0. The molecule has 3 nitrogen and oxygen atoms in total. The van der Waals surface area contributed by atoms with Gasteiger partial charge in [-0.2, -0.15) is 10.2 Å². The molecule has 0 aliphatic rings. The second-order valence-corrected chi connectivity index (χ2v) is 2.64. The fourth-order valence-corrected chi connectivity index (χ4v) is 1.19. The molecule has 10 heavy (non-hydrogen) atoms. The number of hydrogen-bond acceptors (Lipinski definition) is 3. The van der Waals surface area contributed by atoms with E-state index in [-0.39, 0.29) is 0 Å². The number of fused-ring (bicyclic) bond motifs is 1. The second kappa shape index (κ2) is 2.05. The molecule has 0 N–H and O–H groups in total. The van der Waals surface area contributed by atoms with E-state index < -0.39 is 0 Å². The molecule has 0 spiro atoms. The highest BCUT2D eigenvalue weighted by molar-refractivity contribution is 9.10. The maximum absolute atomic E-state index is 5.18. The minimum atomic E-state index is 0.706. The third kappa shape index (κ3) is 0.806. The summed E-state index contributed by atoms with van der Waals surface area (Å²) in [6.07, 6.45) is 3.24. The van der Waals surface area contributed by atoms with E-state index in [0.717, 1.165) is 11.0 Å². The van der Waals surface area contributed by atoms with Crippen molar-refractivity contribution in [2.45, 2.75) is 0 Å². The Kier molecular flexibility index (Phi) is 1.20. The van der Waals surface area contributed by atoms with Crippen molar-refractivity contribution in [2.24, 2.45) is 0 Å². The van der Waals surface area contributed by atoms with E-state index in [9.17, 15) is 0 Å². The van der Waals surface area contributed by atoms with Crippen LogP contribution in [0.2, 0.25) is 0 Å². The Morgan fingerprint density at radius 2 is 2.10 bits per heavy atom. The van der Waals surface area contributed by atoms with E-state index in [1.54, 1.807) is 12.4 Å². The Bertz CT molecular complexity index is 324. The van der Waals surface area contributed by atoms with Crippen LogP contribution >= 0.6 is 15.9 Å². The molecular formula is C6H3BrN2O. The predicted molar refractivity (Wildman–Crippen MR) is 39.5 cm³/mol. The largest absolute Gasteiger partial charge is 0.448 e. The standard InChI is InChI=1S/C6H3BrN2O/c7-6-1-4-2-8-9-3-5(4)10-6/h1-3H. The van der Waals surface area contributed by atoms with E-state index in [1.807, 2.05) is 6.07 Å². The monoisotopic (exact) mass is 198 g/mol. The van der Waals surface area contributed by atoms with Crippen LogP contribution in [0.25, 0.3) is 11.0 Å². The molecular weight excluding hydrogens is 196 g/mol. The highest BCUT2D eigenvalue weighted by Crippen LogP contribution is 2.20. The molecule has 0 aliphatic heterocycles. The maximum atomic E-state index is 5.18. The van der Waals surface area contributed by atoms with E-state index >= 15 is 0 Å². The lowest BCUT2D eigenvalue weighted by molar-refractivity contribution is 0.585. The Balaban J connectivity index is 2.88. The summed E-state index contributed by atoms with van der Waals surface area (Å²) < 4.78 is 5.89. The number of furan rings is 1. The Hall–Kier alpha value is -0.900. The van der Waals surface area contributed by atoms with Crippen molar-refractivity contribution in [2.75, 3.05) is 0 Å². The molecule has 0 aliphatic carbocycles. The van der Waals surface area contributed by atoms with Gasteiger partial charge in [-0.15, -0.1) is 0 Å². The van der Waals surface area contributed by atoms with Gasteiger partial charge in [0.2, 0.25) is 0 Å². The van der Waals surface area contributed by atoms with Crippen molar-refractivity contribution < 1.29 is 4.42 Å². The molecule has 0 fully saturated rings. The van der Waals surface area contributed by atoms with Gasteiger partial charge in [0.15, 0.2) is 10.3 Å². The quantitative estimate of drug-likeness (QED) is 0.651. The van der Waals surface area contributed by atoms with Gasteiger partial charge in [-0.25, -0.2) is 0 Å². The molecule has 0 bridgehead atoms. The van der Waals surface area contributed by atoms with Crippen LogP contribution in [0.4, 0.5) is 0 Å². The molecule has 4 heteroatoms. The van der Waals surface area contributed by atoms with Crippen LogP contribution in [0.1, 0.15) is 0 Å². The molecule has 2 heterocycles. The zero-order valence-corrected chi connectivity index (χ0v) is 6.50. The van der Waals surface area contributed by atoms with Gasteiger partial charge in [0, 0.05) is 11.5 Å². The molecule has 0 amide bonds. The first kappa shape index (κ1) is 5.85. The highest BCUT2D eigenvalue weighted by Gasteiger charge is 1.98. The highest BCUT2D eigenvalue weighted by atomic mass is 79.9. The van der Waals surface area contributed by atoms with Gasteiger partial charge in [-0.3, -0.25) is 0 Å². The third-order valence-electron chi connectivity index (χ3n) is 1.20. The number of aromatic nitrogens is 2. The van der Waals surface area contributed by atoms with Crippen molar-refractivity contribution in [1.29, 1.82) is 0 Å². The summed E-state index contributed by atoms with van der Waals surface area (Å²) in [6, 6.07) is 1.85. The number of hydrogen-bond donors (Lipinski definition) is 0. The smallest absolute Gasteiger partial charge is 0.170 e. The molecule has 2 aromatic rings. The van der Waals surface area contributed by atoms with E-state index in [2.05, 4.69) is 26.1 Å². The molecule has 0 saturated carbocycles. The average Bonchev–Trinajstić information content (AvgIpc) is 2.27. The Morgan fingerprint density at radius 3 is 2.90 bits per heavy atom. The first-order valence-electron chi connectivity index (χ1n) is 2.72. The lowest BCUT2D eigenvalue weighted by atomic mass is 10.4. The van der Waals surface area contributed by atoms with Gasteiger partial charge in [0.05, 0.1) is 12.4 Å². The minimum absolute atomic E-state index is 0.706. The van der Waals surface area contributed by atoms with Crippen LogP contribution in [0, 0.1) is 0 Å². The minimum Gasteiger partial charge on any atom is -0.448 e. The number of rotatable bonds is 0. The maximum Gasteiger partial charge on any atom is 0.170 e. The fourth-order valence-electron chi connectivity index (χ4n) is 0.770. The Labute approximate surface area is 65.2 Å². The molecule has 2 rings (SSSR count). The summed E-state index contributed by atoms with van der Waals surface area (Å²) in [7, 11) is 0. The molecule has 0 aromatic carbocycles. The fraction of sp³-hybridized carbons (Fsp3) is 0. The van der Waals surface area contributed by atoms with Gasteiger partial charge in [-0.1, -0.05) is 0 Å². The van der Waals surface area contributed by atoms with Crippen LogP contribution < -0.4 is 0 Å². The van der Waals surface area contributed by atoms with Gasteiger partial charge < -0.3 is 4.42 Å². The molecule has 0 radical (unpaired) electrons. The Morgan fingerprint density at radius 1 is 1.30 bits per heavy atom. The van der Waals surface area contributed by atoms with Gasteiger partial charge in [-0.05, 0) is 15.9 Å². The molecule has 2 aromatic heterocycles. The van der Waals surface area contributed by atoms with Crippen molar-refractivity contribution >= 4 is 26.9 Å². The summed E-state index contributed by atoms with van der Waals surface area (Å²) in [5.41, 5.74) is 0.752. The van der Waals surface area contributed by atoms with Crippen LogP contribution in [0.15, 0.2) is 27.5 Å². The van der Waals surface area contributed by atoms with Crippen molar-refractivity contribution in [3.8, 4) is 0 Å². The summed E-state index contributed by atoms with van der Waals surface area (Å²) >= 11 is 3.20. The average molecular weight is 199 g/mol. The van der Waals surface area contributed by atoms with Gasteiger partial charge in [0.1, 0.15) is 0 Å². The first-order chi connectivity index (χ1) is 4.86. The van der Waals surface area contributed by atoms with Crippen LogP contribution in [-0.2, 0) is 0 Å². The number of nitrogens with zero attached hydrogens (tertiary/aromatic N) is 2.